The highest BCUT2D eigenvalue weighted by Crippen LogP contribution is 2.54. The van der Waals surface area contributed by atoms with Gasteiger partial charge in [-0.3, -0.25) is 0 Å². The Morgan fingerprint density at radius 2 is 1.43 bits per heavy atom. The Labute approximate surface area is 134 Å². The summed E-state index contributed by atoms with van der Waals surface area (Å²) in [6.45, 7) is 0. The maximum Gasteiger partial charge on any atom is 0.435 e. The first-order valence-electron chi connectivity index (χ1n) is 5.25. The van der Waals surface area contributed by atoms with Crippen molar-refractivity contribution in [2.75, 3.05) is 5.73 Å². The zero-order chi connectivity index (χ0) is 18.4. The third-order valence-electron chi connectivity index (χ3n) is 2.65. The van der Waals surface area contributed by atoms with Gasteiger partial charge in [0.05, 0.1) is 11.2 Å². The van der Waals surface area contributed by atoms with Crippen molar-refractivity contribution in [3.05, 3.63) is 22.2 Å². The minimum Gasteiger partial charge on any atom is -0.607 e. The number of anilines is 1. The fourth-order valence-corrected chi connectivity index (χ4v) is 2.90. The van der Waals surface area contributed by atoms with Crippen molar-refractivity contribution in [2.45, 2.75) is 28.7 Å². The van der Waals surface area contributed by atoms with E-state index in [1.165, 1.54) is 0 Å². The molecular weight excluding hydrogens is 433 g/mol. The SMILES string of the molecule is Nc1c(Br)cc(C(F)(C(F)(F)F)C(F)(F)F)cc1[S+]([O-])C(F)F. The van der Waals surface area contributed by atoms with Gasteiger partial charge in [-0.1, -0.05) is 0 Å². The summed E-state index contributed by atoms with van der Waals surface area (Å²) in [5.41, 5.74) is -3.52. The highest BCUT2D eigenvalue weighted by atomic mass is 79.9. The summed E-state index contributed by atoms with van der Waals surface area (Å²) in [6, 6.07) is -0.189. The summed E-state index contributed by atoms with van der Waals surface area (Å²) >= 11 is -0.911. The van der Waals surface area contributed by atoms with Gasteiger partial charge in [0.1, 0.15) is 5.69 Å². The molecule has 2 N–H and O–H groups in total. The highest BCUT2D eigenvalue weighted by Gasteiger charge is 2.73. The third-order valence-corrected chi connectivity index (χ3v) is 4.40. The Morgan fingerprint density at radius 1 is 1.00 bits per heavy atom. The summed E-state index contributed by atoms with van der Waals surface area (Å²) in [7, 11) is 0. The molecule has 0 aliphatic carbocycles. The molecule has 0 heterocycles. The molecule has 1 unspecified atom stereocenters. The molecule has 13 heteroatoms. The standard InChI is InChI=1S/C10H5BrF9NOS/c11-4-1-3(2-5(6(4)21)23(22)7(12)13)8(14,9(15,16)17)10(18,19)20/h1-2,7H,21H2. The first kappa shape index (κ1) is 20.2. The second kappa shape index (κ2) is 6.24. The minimum absolute atomic E-state index is 0.0441. The number of halogens is 10. The monoisotopic (exact) mass is 437 g/mol. The van der Waals surface area contributed by atoms with Crippen molar-refractivity contribution in [3.8, 4) is 0 Å². The molecule has 0 aliphatic rings. The van der Waals surface area contributed by atoms with E-state index >= 15 is 0 Å². The van der Waals surface area contributed by atoms with Crippen LogP contribution in [-0.4, -0.2) is 22.7 Å². The van der Waals surface area contributed by atoms with Crippen LogP contribution in [0.1, 0.15) is 5.56 Å². The second-order valence-corrected chi connectivity index (χ2v) is 6.33. The molecule has 0 spiro atoms. The minimum atomic E-state index is -6.44. The summed E-state index contributed by atoms with van der Waals surface area (Å²) in [6.07, 6.45) is -12.9. The Hall–Kier alpha value is -0.820. The lowest BCUT2D eigenvalue weighted by molar-refractivity contribution is -0.348. The molecule has 23 heavy (non-hydrogen) atoms. The zero-order valence-corrected chi connectivity index (χ0v) is 12.8. The Morgan fingerprint density at radius 3 is 1.78 bits per heavy atom. The molecule has 0 saturated heterocycles. The van der Waals surface area contributed by atoms with Crippen LogP contribution in [0.3, 0.4) is 0 Å². The van der Waals surface area contributed by atoms with E-state index in [1.54, 1.807) is 0 Å². The maximum atomic E-state index is 13.9. The second-order valence-electron chi connectivity index (χ2n) is 4.08. The number of rotatable bonds is 3. The lowest BCUT2D eigenvalue weighted by Gasteiger charge is -2.30. The topological polar surface area (TPSA) is 49.1 Å². The molecule has 0 saturated carbocycles. The van der Waals surface area contributed by atoms with Gasteiger partial charge >= 0.3 is 23.8 Å². The van der Waals surface area contributed by atoms with Gasteiger partial charge in [-0.2, -0.15) is 35.1 Å². The smallest absolute Gasteiger partial charge is 0.435 e. The first-order chi connectivity index (χ1) is 10.1. The molecule has 1 rings (SSSR count). The normalized spacial score (nSPS) is 15.1. The van der Waals surface area contributed by atoms with Gasteiger partial charge < -0.3 is 10.3 Å². The summed E-state index contributed by atoms with van der Waals surface area (Å²) in [5, 5.41) is 0. The molecule has 0 aromatic heterocycles. The number of hydrogen-bond acceptors (Lipinski definition) is 2. The molecule has 1 aromatic rings. The van der Waals surface area contributed by atoms with Gasteiger partial charge in [-0.25, -0.2) is 4.39 Å². The molecule has 2 nitrogen and oxygen atoms in total. The van der Waals surface area contributed by atoms with Crippen molar-refractivity contribution in [2.24, 2.45) is 0 Å². The Bertz CT molecular complexity index is 575. The van der Waals surface area contributed by atoms with Gasteiger partial charge in [0.25, 0.3) is 0 Å². The lowest BCUT2D eigenvalue weighted by atomic mass is 9.94. The van der Waals surface area contributed by atoms with Crippen molar-refractivity contribution >= 4 is 32.8 Å². The predicted molar refractivity (Wildman–Crippen MR) is 65.9 cm³/mol. The van der Waals surface area contributed by atoms with Crippen molar-refractivity contribution in [1.29, 1.82) is 0 Å². The van der Waals surface area contributed by atoms with E-state index in [0.29, 0.717) is 0 Å². The van der Waals surface area contributed by atoms with Crippen LogP contribution in [-0.2, 0) is 16.8 Å². The van der Waals surface area contributed by atoms with Gasteiger partial charge in [0.15, 0.2) is 4.90 Å². The Kier molecular flexibility index (Phi) is 5.49. The van der Waals surface area contributed by atoms with Gasteiger partial charge in [-0.15, -0.1) is 0 Å². The van der Waals surface area contributed by atoms with Crippen LogP contribution in [0, 0.1) is 0 Å². The molecule has 0 bridgehead atoms. The number of benzene rings is 1. The van der Waals surface area contributed by atoms with Crippen LogP contribution in [0.2, 0.25) is 0 Å². The number of nitrogen functional groups attached to an aromatic ring is 1. The molecule has 0 fully saturated rings. The largest absolute Gasteiger partial charge is 0.607 e. The van der Waals surface area contributed by atoms with E-state index in [0.717, 1.165) is 0 Å². The van der Waals surface area contributed by atoms with Crippen LogP contribution in [0.25, 0.3) is 0 Å². The average molecular weight is 438 g/mol. The highest BCUT2D eigenvalue weighted by molar-refractivity contribution is 9.10. The Balaban J connectivity index is 3.71. The zero-order valence-electron chi connectivity index (χ0n) is 10.4. The quantitative estimate of drug-likeness (QED) is 0.425. The average Bonchev–Trinajstić information content (AvgIpc) is 2.37. The van der Waals surface area contributed by atoms with Crippen LogP contribution >= 0.6 is 15.9 Å². The van der Waals surface area contributed by atoms with Gasteiger partial charge in [-0.05, 0) is 22.0 Å². The number of nitrogens with two attached hydrogens (primary N) is 1. The molecule has 1 atom stereocenters. The number of hydrogen-bond donors (Lipinski definition) is 1. The molecule has 0 radical (unpaired) electrons. The van der Waals surface area contributed by atoms with Crippen molar-refractivity contribution < 1.29 is 44.1 Å². The first-order valence-corrected chi connectivity index (χ1v) is 7.25. The van der Waals surface area contributed by atoms with E-state index in [9.17, 15) is 44.1 Å². The number of alkyl halides is 9. The van der Waals surface area contributed by atoms with E-state index in [2.05, 4.69) is 15.9 Å². The van der Waals surface area contributed by atoms with E-state index in [-0.39, 0.29) is 12.1 Å². The maximum absolute atomic E-state index is 13.9. The van der Waals surface area contributed by atoms with E-state index < -0.39 is 55.6 Å². The van der Waals surface area contributed by atoms with E-state index in [4.69, 9.17) is 5.73 Å². The van der Waals surface area contributed by atoms with Crippen LogP contribution in [0.4, 0.5) is 45.2 Å². The molecule has 1 aromatic carbocycles. The molecule has 0 aliphatic heterocycles. The molecule has 132 valence electrons. The van der Waals surface area contributed by atoms with Crippen molar-refractivity contribution in [1.82, 2.24) is 0 Å². The van der Waals surface area contributed by atoms with Crippen LogP contribution < -0.4 is 5.73 Å². The van der Waals surface area contributed by atoms with Gasteiger partial charge in [0.2, 0.25) is 0 Å². The van der Waals surface area contributed by atoms with Crippen LogP contribution in [0.15, 0.2) is 21.5 Å². The van der Waals surface area contributed by atoms with Crippen LogP contribution in [0.5, 0.6) is 0 Å². The fraction of sp³-hybridized carbons (Fsp3) is 0.400. The summed E-state index contributed by atoms with van der Waals surface area (Å²) in [4.78, 5) is -1.25. The summed E-state index contributed by atoms with van der Waals surface area (Å²) in [5.74, 6) is -3.65. The van der Waals surface area contributed by atoms with E-state index in [1.807, 2.05) is 0 Å². The van der Waals surface area contributed by atoms with Gasteiger partial charge in [0, 0.05) is 16.1 Å². The molecule has 0 amide bonds. The van der Waals surface area contributed by atoms with Crippen molar-refractivity contribution in [3.63, 3.8) is 0 Å². The lowest BCUT2D eigenvalue weighted by Crippen LogP contribution is -2.50. The summed E-state index contributed by atoms with van der Waals surface area (Å²) < 4.78 is 125. The fourth-order valence-electron chi connectivity index (χ4n) is 1.54. The molecular formula is C10H5BrF9NOS. The third kappa shape index (κ3) is 3.50. The predicted octanol–water partition coefficient (Wildman–Crippen LogP) is 4.65.